The summed E-state index contributed by atoms with van der Waals surface area (Å²) in [7, 11) is 0. The number of allylic oxidation sites excluding steroid dienone is 1. The summed E-state index contributed by atoms with van der Waals surface area (Å²) in [6.07, 6.45) is 4.43. The van der Waals surface area contributed by atoms with Crippen LogP contribution in [0.3, 0.4) is 0 Å². The molecule has 0 saturated carbocycles. The fourth-order valence-corrected chi connectivity index (χ4v) is 1.96. The van der Waals surface area contributed by atoms with Crippen LogP contribution >= 0.6 is 11.9 Å². The lowest BCUT2D eigenvalue weighted by molar-refractivity contribution is 0.503. The summed E-state index contributed by atoms with van der Waals surface area (Å²) in [5, 5.41) is 2.09. The molecule has 0 aromatic rings. The number of hydrogen-bond acceptors (Lipinski definition) is 2. The molecule has 0 N–H and O–H groups in total. The second kappa shape index (κ2) is 3.44. The monoisotopic (exact) mass is 169 g/mol. The zero-order valence-corrected chi connectivity index (χ0v) is 8.24. The average molecular weight is 169 g/mol. The van der Waals surface area contributed by atoms with Crippen LogP contribution in [0.4, 0.5) is 0 Å². The maximum absolute atomic E-state index is 4.38. The summed E-state index contributed by atoms with van der Waals surface area (Å²) in [5.41, 5.74) is 1.63. The van der Waals surface area contributed by atoms with Gasteiger partial charge in [-0.3, -0.25) is 0 Å². The maximum atomic E-state index is 4.38. The molecular formula is C9H15NS. The van der Waals surface area contributed by atoms with Gasteiger partial charge in [-0.2, -0.15) is 0 Å². The van der Waals surface area contributed by atoms with Gasteiger partial charge < -0.3 is 0 Å². The van der Waals surface area contributed by atoms with Gasteiger partial charge in [-0.25, -0.2) is 4.40 Å². The van der Waals surface area contributed by atoms with Crippen molar-refractivity contribution in [1.82, 2.24) is 0 Å². The summed E-state index contributed by atoms with van der Waals surface area (Å²) in [4.78, 5) is 0. The van der Waals surface area contributed by atoms with Crippen molar-refractivity contribution in [2.24, 2.45) is 9.81 Å². The quantitative estimate of drug-likeness (QED) is 0.548. The smallest absolute Gasteiger partial charge is 0.0272 e. The first-order valence-corrected chi connectivity index (χ1v) is 4.87. The molecule has 0 fully saturated rings. The van der Waals surface area contributed by atoms with Crippen LogP contribution in [0.25, 0.3) is 0 Å². The van der Waals surface area contributed by atoms with Crippen LogP contribution in [0.15, 0.2) is 15.9 Å². The molecule has 0 atom stereocenters. The van der Waals surface area contributed by atoms with Gasteiger partial charge in [0.05, 0.1) is 0 Å². The van der Waals surface area contributed by atoms with Crippen molar-refractivity contribution in [3.8, 4) is 0 Å². The molecule has 0 aliphatic carbocycles. The van der Waals surface area contributed by atoms with Crippen molar-refractivity contribution < 1.29 is 0 Å². The molecule has 2 heteroatoms. The SMILES string of the molecule is CCC1=NSC=CC(C)(C)C1. The van der Waals surface area contributed by atoms with E-state index in [1.807, 2.05) is 0 Å². The maximum Gasteiger partial charge on any atom is 0.0272 e. The Bertz CT molecular complexity index is 192. The molecule has 0 radical (unpaired) electrons. The van der Waals surface area contributed by atoms with Gasteiger partial charge in [0.1, 0.15) is 0 Å². The van der Waals surface area contributed by atoms with Crippen molar-refractivity contribution in [2.75, 3.05) is 0 Å². The highest BCUT2D eigenvalue weighted by molar-refractivity contribution is 8.01. The van der Waals surface area contributed by atoms with Gasteiger partial charge in [-0.1, -0.05) is 26.8 Å². The molecule has 0 spiro atoms. The summed E-state index contributed by atoms with van der Waals surface area (Å²) in [6, 6.07) is 0. The van der Waals surface area contributed by atoms with Crippen LogP contribution in [0.1, 0.15) is 33.6 Å². The summed E-state index contributed by atoms with van der Waals surface area (Å²) < 4.78 is 4.38. The van der Waals surface area contributed by atoms with E-state index < -0.39 is 0 Å². The summed E-state index contributed by atoms with van der Waals surface area (Å²) >= 11 is 1.56. The van der Waals surface area contributed by atoms with Crippen LogP contribution < -0.4 is 0 Å². The van der Waals surface area contributed by atoms with Crippen molar-refractivity contribution in [3.63, 3.8) is 0 Å². The predicted molar refractivity (Wildman–Crippen MR) is 52.9 cm³/mol. The second-order valence-corrected chi connectivity index (χ2v) is 4.25. The first kappa shape index (κ1) is 8.85. The summed E-state index contributed by atoms with van der Waals surface area (Å²) in [5.74, 6) is 0. The number of hydrogen-bond donors (Lipinski definition) is 0. The predicted octanol–water partition coefficient (Wildman–Crippen LogP) is 3.43. The Morgan fingerprint density at radius 1 is 1.64 bits per heavy atom. The summed E-state index contributed by atoms with van der Waals surface area (Å²) in [6.45, 7) is 6.67. The van der Waals surface area contributed by atoms with E-state index >= 15 is 0 Å². The number of nitrogens with zero attached hydrogens (tertiary/aromatic N) is 1. The molecular weight excluding hydrogens is 154 g/mol. The van der Waals surface area contributed by atoms with Gasteiger partial charge in [0.25, 0.3) is 0 Å². The highest BCUT2D eigenvalue weighted by atomic mass is 32.2. The van der Waals surface area contributed by atoms with Crippen molar-refractivity contribution >= 4 is 17.7 Å². The van der Waals surface area contributed by atoms with E-state index in [-0.39, 0.29) is 0 Å². The van der Waals surface area contributed by atoms with E-state index in [1.165, 1.54) is 5.71 Å². The van der Waals surface area contributed by atoms with Crippen LogP contribution in [-0.2, 0) is 0 Å². The second-order valence-electron chi connectivity index (χ2n) is 3.58. The molecule has 0 aromatic carbocycles. The van der Waals surface area contributed by atoms with Crippen molar-refractivity contribution in [2.45, 2.75) is 33.6 Å². The third-order valence-electron chi connectivity index (χ3n) is 1.83. The van der Waals surface area contributed by atoms with E-state index in [1.54, 1.807) is 11.9 Å². The Morgan fingerprint density at radius 3 is 3.00 bits per heavy atom. The molecule has 1 aliphatic rings. The molecule has 11 heavy (non-hydrogen) atoms. The third-order valence-corrected chi connectivity index (χ3v) is 2.45. The van der Waals surface area contributed by atoms with Crippen LogP contribution in [0.5, 0.6) is 0 Å². The number of rotatable bonds is 1. The normalized spacial score (nSPS) is 22.6. The molecule has 62 valence electrons. The highest BCUT2D eigenvalue weighted by Gasteiger charge is 2.17. The van der Waals surface area contributed by atoms with Gasteiger partial charge in [0.2, 0.25) is 0 Å². The van der Waals surface area contributed by atoms with E-state index in [9.17, 15) is 0 Å². The Kier molecular flexibility index (Phi) is 2.77. The molecule has 0 aromatic heterocycles. The molecule has 1 nitrogen and oxygen atoms in total. The molecule has 0 unspecified atom stereocenters. The lowest BCUT2D eigenvalue weighted by Crippen LogP contribution is -2.12. The van der Waals surface area contributed by atoms with Crippen LogP contribution in [0.2, 0.25) is 0 Å². The van der Waals surface area contributed by atoms with Gasteiger partial charge in [-0.05, 0) is 23.7 Å². The Labute approximate surface area is 73.1 Å². The first-order valence-electron chi connectivity index (χ1n) is 4.03. The largest absolute Gasteiger partial charge is 0.221 e. The third kappa shape index (κ3) is 2.70. The fraction of sp³-hybridized carbons (Fsp3) is 0.667. The zero-order chi connectivity index (χ0) is 8.32. The molecule has 1 aliphatic heterocycles. The standard InChI is InChI=1S/C9H15NS/c1-4-8-7-9(2,3)5-6-11-10-8/h5-6H,4,7H2,1-3H3. The van der Waals surface area contributed by atoms with Crippen LogP contribution in [-0.4, -0.2) is 5.71 Å². The van der Waals surface area contributed by atoms with Crippen molar-refractivity contribution in [1.29, 1.82) is 0 Å². The molecule has 1 heterocycles. The van der Waals surface area contributed by atoms with E-state index in [0.29, 0.717) is 5.41 Å². The Balaban J connectivity index is 2.71. The molecule has 0 bridgehead atoms. The van der Waals surface area contributed by atoms with E-state index in [4.69, 9.17) is 0 Å². The molecule has 0 saturated heterocycles. The molecule has 0 amide bonds. The van der Waals surface area contributed by atoms with E-state index in [2.05, 4.69) is 36.7 Å². The molecule has 1 rings (SSSR count). The van der Waals surface area contributed by atoms with Crippen LogP contribution in [0, 0.1) is 5.41 Å². The minimum Gasteiger partial charge on any atom is -0.221 e. The van der Waals surface area contributed by atoms with Gasteiger partial charge in [-0.15, -0.1) is 0 Å². The van der Waals surface area contributed by atoms with E-state index in [0.717, 1.165) is 12.8 Å². The lowest BCUT2D eigenvalue weighted by Gasteiger charge is -2.18. The lowest BCUT2D eigenvalue weighted by atomic mass is 9.87. The first-order chi connectivity index (χ1) is 5.14. The zero-order valence-electron chi connectivity index (χ0n) is 7.42. The van der Waals surface area contributed by atoms with Gasteiger partial charge >= 0.3 is 0 Å². The van der Waals surface area contributed by atoms with Crippen molar-refractivity contribution in [3.05, 3.63) is 11.5 Å². The van der Waals surface area contributed by atoms with Gasteiger partial charge in [0, 0.05) is 17.7 Å². The topological polar surface area (TPSA) is 12.4 Å². The minimum absolute atomic E-state index is 0.304. The Hall–Kier alpha value is -0.240. The Morgan fingerprint density at radius 2 is 2.36 bits per heavy atom. The average Bonchev–Trinajstić information content (AvgIpc) is 2.10. The van der Waals surface area contributed by atoms with Gasteiger partial charge in [0.15, 0.2) is 0 Å². The minimum atomic E-state index is 0.304. The highest BCUT2D eigenvalue weighted by Crippen LogP contribution is 2.29. The fourth-order valence-electron chi connectivity index (χ4n) is 1.13.